The number of esters is 1. The number of halogens is 1. The minimum Gasteiger partial charge on any atom is -0.497 e. The molecule has 2 heterocycles. The normalized spacial score (nSPS) is 10.9. The highest BCUT2D eigenvalue weighted by atomic mass is 19.1. The Morgan fingerprint density at radius 3 is 2.50 bits per heavy atom. The summed E-state index contributed by atoms with van der Waals surface area (Å²) in [4.78, 5) is 46.9. The number of carbonyl (C=O) groups is 2. The number of fused-ring (bicyclic) bond motifs is 1. The number of imidazole rings is 1. The summed E-state index contributed by atoms with van der Waals surface area (Å²) in [7, 11) is 1.50. The molecule has 0 unspecified atom stereocenters. The largest absolute Gasteiger partial charge is 0.497 e. The first-order chi connectivity index (χ1) is 16.3. The maximum absolute atomic E-state index is 13.6. The lowest BCUT2D eigenvalue weighted by molar-refractivity contribution is -0.143. The molecule has 4 aromatic rings. The van der Waals surface area contributed by atoms with Crippen molar-refractivity contribution in [1.29, 1.82) is 0 Å². The summed E-state index contributed by atoms with van der Waals surface area (Å²) in [5.41, 5.74) is 5.40. The molecule has 4 rings (SSSR count). The Labute approximate surface area is 192 Å². The highest BCUT2D eigenvalue weighted by Gasteiger charge is 2.25. The molecular weight excluding hydrogens is 445 g/mol. The topological polar surface area (TPSA) is 131 Å². The molecule has 0 fully saturated rings. The zero-order valence-corrected chi connectivity index (χ0v) is 18.3. The third-order valence-electron chi connectivity index (χ3n) is 5.01. The molecule has 34 heavy (non-hydrogen) atoms. The SMILES string of the molecule is CCOC(=O)Cn1c(=O)n(-c2ccc(F)cc2)c2nc(-c3cccc(OC)c3)nc(C(N)=O)c21. The lowest BCUT2D eigenvalue weighted by Gasteiger charge is -2.08. The van der Waals surface area contributed by atoms with Crippen LogP contribution in [0.5, 0.6) is 5.75 Å². The number of amides is 1. The smallest absolute Gasteiger partial charge is 0.335 e. The lowest BCUT2D eigenvalue weighted by atomic mass is 10.2. The average Bonchev–Trinajstić information content (AvgIpc) is 3.10. The number of aromatic nitrogens is 4. The number of rotatable bonds is 7. The number of ether oxygens (including phenoxy) is 2. The van der Waals surface area contributed by atoms with Crippen molar-refractivity contribution in [3.8, 4) is 22.8 Å². The van der Waals surface area contributed by atoms with Gasteiger partial charge in [0.25, 0.3) is 5.91 Å². The highest BCUT2D eigenvalue weighted by molar-refractivity contribution is 6.02. The number of nitrogens with zero attached hydrogens (tertiary/aromatic N) is 4. The molecule has 0 aliphatic rings. The summed E-state index contributed by atoms with van der Waals surface area (Å²) in [6, 6.07) is 11.9. The van der Waals surface area contributed by atoms with E-state index in [1.54, 1.807) is 31.2 Å². The van der Waals surface area contributed by atoms with Crippen molar-refractivity contribution in [3.05, 3.63) is 70.5 Å². The number of benzene rings is 2. The summed E-state index contributed by atoms with van der Waals surface area (Å²) >= 11 is 0. The van der Waals surface area contributed by atoms with Gasteiger partial charge in [-0.2, -0.15) is 0 Å². The van der Waals surface area contributed by atoms with Crippen molar-refractivity contribution < 1.29 is 23.5 Å². The van der Waals surface area contributed by atoms with E-state index in [2.05, 4.69) is 9.97 Å². The van der Waals surface area contributed by atoms with Gasteiger partial charge >= 0.3 is 11.7 Å². The summed E-state index contributed by atoms with van der Waals surface area (Å²) in [6.45, 7) is 1.23. The first-order valence-electron chi connectivity index (χ1n) is 10.2. The van der Waals surface area contributed by atoms with E-state index in [1.807, 2.05) is 0 Å². The molecule has 2 N–H and O–H groups in total. The van der Waals surface area contributed by atoms with Crippen molar-refractivity contribution in [2.24, 2.45) is 5.73 Å². The maximum Gasteiger partial charge on any atom is 0.335 e. The van der Waals surface area contributed by atoms with E-state index in [9.17, 15) is 18.8 Å². The Hall–Kier alpha value is -4.54. The Morgan fingerprint density at radius 2 is 1.85 bits per heavy atom. The summed E-state index contributed by atoms with van der Waals surface area (Å²) in [5.74, 6) is -1.50. The summed E-state index contributed by atoms with van der Waals surface area (Å²) in [6.07, 6.45) is 0. The van der Waals surface area contributed by atoms with Crippen molar-refractivity contribution >= 4 is 23.0 Å². The summed E-state index contributed by atoms with van der Waals surface area (Å²) < 4.78 is 25.9. The number of methoxy groups -OCH3 is 1. The van der Waals surface area contributed by atoms with Crippen LogP contribution in [0.2, 0.25) is 0 Å². The first-order valence-corrected chi connectivity index (χ1v) is 10.2. The van der Waals surface area contributed by atoms with Crippen molar-refractivity contribution in [3.63, 3.8) is 0 Å². The molecule has 0 aliphatic heterocycles. The predicted molar refractivity (Wildman–Crippen MR) is 120 cm³/mol. The van der Waals surface area contributed by atoms with Gasteiger partial charge in [0.05, 0.1) is 19.4 Å². The van der Waals surface area contributed by atoms with Crippen LogP contribution >= 0.6 is 0 Å². The van der Waals surface area contributed by atoms with Crippen molar-refractivity contribution in [1.82, 2.24) is 19.1 Å². The van der Waals surface area contributed by atoms with Crippen LogP contribution in [0, 0.1) is 5.82 Å². The number of carbonyl (C=O) groups excluding carboxylic acids is 2. The number of primary amides is 1. The number of hydrogen-bond donors (Lipinski definition) is 1. The van der Waals surface area contributed by atoms with E-state index < -0.39 is 29.9 Å². The minimum absolute atomic E-state index is 0.0162. The van der Waals surface area contributed by atoms with Gasteiger partial charge in [0.2, 0.25) is 0 Å². The van der Waals surface area contributed by atoms with E-state index >= 15 is 0 Å². The van der Waals surface area contributed by atoms with Crippen LogP contribution in [-0.2, 0) is 16.1 Å². The lowest BCUT2D eigenvalue weighted by Crippen LogP contribution is -2.28. The molecule has 0 aliphatic carbocycles. The monoisotopic (exact) mass is 465 g/mol. The standard InChI is InChI=1S/C23H20FN5O5/c1-3-34-17(30)12-28-19-18(20(25)31)26-21(13-5-4-6-16(11-13)33-2)27-22(19)29(23(28)32)15-9-7-14(24)8-10-15/h4-11H,3,12H2,1-2H3,(H2,25,31). The van der Waals surface area contributed by atoms with Gasteiger partial charge in [-0.25, -0.2) is 23.7 Å². The molecule has 0 saturated heterocycles. The molecule has 0 saturated carbocycles. The van der Waals surface area contributed by atoms with Gasteiger partial charge in [-0.05, 0) is 43.3 Å². The van der Waals surface area contributed by atoms with Gasteiger partial charge < -0.3 is 15.2 Å². The Bertz CT molecular complexity index is 1460. The number of nitrogens with two attached hydrogens (primary N) is 1. The molecule has 2 aromatic heterocycles. The van der Waals surface area contributed by atoms with Gasteiger partial charge in [0, 0.05) is 5.56 Å². The molecule has 174 valence electrons. The first kappa shape index (κ1) is 22.6. The highest BCUT2D eigenvalue weighted by Crippen LogP contribution is 2.26. The van der Waals surface area contributed by atoms with E-state index in [0.29, 0.717) is 11.3 Å². The fourth-order valence-electron chi connectivity index (χ4n) is 3.52. The molecule has 10 nitrogen and oxygen atoms in total. The molecule has 0 spiro atoms. The summed E-state index contributed by atoms with van der Waals surface area (Å²) in [5, 5.41) is 0. The van der Waals surface area contributed by atoms with Gasteiger partial charge in [0.15, 0.2) is 17.2 Å². The van der Waals surface area contributed by atoms with E-state index in [-0.39, 0.29) is 35.0 Å². The Morgan fingerprint density at radius 1 is 1.12 bits per heavy atom. The molecule has 0 bridgehead atoms. The Balaban J connectivity index is 2.08. The van der Waals surface area contributed by atoms with E-state index in [4.69, 9.17) is 15.2 Å². The molecular formula is C23H20FN5O5. The minimum atomic E-state index is -0.926. The van der Waals surface area contributed by atoms with Gasteiger partial charge in [-0.3, -0.25) is 14.2 Å². The van der Waals surface area contributed by atoms with Crippen LogP contribution in [0.15, 0.2) is 53.3 Å². The molecule has 0 radical (unpaired) electrons. The van der Waals surface area contributed by atoms with Crippen molar-refractivity contribution in [2.75, 3.05) is 13.7 Å². The van der Waals surface area contributed by atoms with Crippen LogP contribution in [-0.4, -0.2) is 44.7 Å². The second-order valence-corrected chi connectivity index (χ2v) is 7.15. The third kappa shape index (κ3) is 4.10. The van der Waals surface area contributed by atoms with Gasteiger partial charge in [0.1, 0.15) is 23.6 Å². The van der Waals surface area contributed by atoms with Crippen LogP contribution in [0.1, 0.15) is 17.4 Å². The fraction of sp³-hybridized carbons (Fsp3) is 0.174. The Kier molecular flexibility index (Phi) is 6.09. The van der Waals surface area contributed by atoms with Crippen LogP contribution in [0.4, 0.5) is 4.39 Å². The van der Waals surface area contributed by atoms with Crippen molar-refractivity contribution in [2.45, 2.75) is 13.5 Å². The van der Waals surface area contributed by atoms with Crippen LogP contribution in [0.3, 0.4) is 0 Å². The maximum atomic E-state index is 13.6. The second kappa shape index (κ2) is 9.14. The molecule has 2 aromatic carbocycles. The molecule has 1 amide bonds. The number of hydrogen-bond acceptors (Lipinski definition) is 7. The fourth-order valence-corrected chi connectivity index (χ4v) is 3.52. The molecule has 0 atom stereocenters. The van der Waals surface area contributed by atoms with Gasteiger partial charge in [-0.15, -0.1) is 0 Å². The average molecular weight is 465 g/mol. The zero-order valence-electron chi connectivity index (χ0n) is 18.3. The van der Waals surface area contributed by atoms with Crippen LogP contribution < -0.4 is 16.2 Å². The third-order valence-corrected chi connectivity index (χ3v) is 5.01. The van der Waals surface area contributed by atoms with Gasteiger partial charge in [-0.1, -0.05) is 12.1 Å². The second-order valence-electron chi connectivity index (χ2n) is 7.15. The quantitative estimate of drug-likeness (QED) is 0.413. The van der Waals surface area contributed by atoms with Crippen LogP contribution in [0.25, 0.3) is 28.2 Å². The predicted octanol–water partition coefficient (Wildman–Crippen LogP) is 2.06. The zero-order chi connectivity index (χ0) is 24.4. The van der Waals surface area contributed by atoms with E-state index in [1.165, 1.54) is 31.4 Å². The molecule has 11 heteroatoms. The van der Waals surface area contributed by atoms with E-state index in [0.717, 1.165) is 9.13 Å².